The van der Waals surface area contributed by atoms with Gasteiger partial charge in [0, 0.05) is 46.8 Å². The Kier molecular flexibility index (Phi) is 27.6. The number of hydrogen-bond acceptors (Lipinski definition) is 2. The smallest absolute Gasteiger partial charge is 0 e. The molecule has 0 aromatic heterocycles. The minimum absolute atomic E-state index is 0. The van der Waals surface area contributed by atoms with Crippen LogP contribution in [-0.2, 0) is 68.0 Å². The maximum atomic E-state index is 8.82. The molecule has 0 aliphatic rings. The summed E-state index contributed by atoms with van der Waals surface area (Å²) in [5.74, 6) is 0. The molecule has 0 atom stereocenters. The van der Waals surface area contributed by atoms with Gasteiger partial charge in [0.05, 0.1) is 0 Å². The molecule has 0 aromatic carbocycles. The van der Waals surface area contributed by atoms with E-state index in [-0.39, 0.29) is 84.5 Å². The zero-order chi connectivity index (χ0) is 4.50. The van der Waals surface area contributed by atoms with E-state index in [0.717, 1.165) is 0 Å². The molecule has 0 bridgehead atoms. The van der Waals surface area contributed by atoms with Crippen molar-refractivity contribution in [2.45, 2.75) is 0 Å². The molecule has 2 N–H and O–H groups in total. The fourth-order valence-electron chi connectivity index (χ4n) is 0. The van der Waals surface area contributed by atoms with Gasteiger partial charge in [-0.25, -0.2) is 0 Å². The van der Waals surface area contributed by atoms with Crippen LogP contribution in [0.3, 0.4) is 0 Å². The standard InChI is InChI=1S/Ca.Cd.Cr.2H2O.2O.Zn.2H/h;;;2*1H2;;;;;/q;;+2;;;;;;;/p-2. The third-order valence-electron chi connectivity index (χ3n) is 0. The van der Waals surface area contributed by atoms with Crippen molar-refractivity contribution in [3.05, 3.63) is 0 Å². The van der Waals surface area contributed by atoms with Crippen molar-refractivity contribution in [3.63, 3.8) is 0 Å². The van der Waals surface area contributed by atoms with Gasteiger partial charge >= 0.3 is 67.3 Å². The molecular weight excluding hydrogens is 334 g/mol. The van der Waals surface area contributed by atoms with Crippen molar-refractivity contribution < 1.29 is 76.3 Å². The summed E-state index contributed by atoms with van der Waals surface area (Å²) in [5.41, 5.74) is 0. The van der Waals surface area contributed by atoms with Gasteiger partial charge < -0.3 is 0 Å². The van der Waals surface area contributed by atoms with Crippen LogP contribution in [0.15, 0.2) is 0 Å². The molecule has 8 heavy (non-hydrogen) atoms. The summed E-state index contributed by atoms with van der Waals surface area (Å²) in [4.78, 5) is 0. The number of rotatable bonds is 0. The summed E-state index contributed by atoms with van der Waals surface area (Å²) < 4.78 is 31.9. The fraction of sp³-hybridized carbons (Fsp3) is 0. The molecule has 0 aliphatic carbocycles. The Morgan fingerprint density at radius 1 is 1.12 bits per heavy atom. The van der Waals surface area contributed by atoms with Crippen LogP contribution in [0, 0.1) is 0 Å². The molecular formula is H4CaCdCrO4Zn. The second kappa shape index (κ2) is 9.86. The van der Waals surface area contributed by atoms with Gasteiger partial charge in [0.1, 0.15) is 0 Å². The van der Waals surface area contributed by atoms with E-state index in [2.05, 4.69) is 0 Å². The van der Waals surface area contributed by atoms with Gasteiger partial charge in [-0.05, 0) is 0 Å². The van der Waals surface area contributed by atoms with Crippen LogP contribution in [0.2, 0.25) is 0 Å². The molecule has 0 aromatic rings. The molecule has 40 valence electrons. The van der Waals surface area contributed by atoms with Gasteiger partial charge in [-0.3, -0.25) is 0 Å². The van der Waals surface area contributed by atoms with Crippen LogP contribution in [0.1, 0.15) is 0 Å². The predicted molar refractivity (Wildman–Crippen MR) is 14.4 cm³/mol. The Morgan fingerprint density at radius 3 is 1.12 bits per heavy atom. The summed E-state index contributed by atoms with van der Waals surface area (Å²) in [6.07, 6.45) is 0. The van der Waals surface area contributed by atoms with Gasteiger partial charge in [-0.2, -0.15) is 0 Å². The molecule has 4 nitrogen and oxygen atoms in total. The summed E-state index contributed by atoms with van der Waals surface area (Å²) >= 11 is -5.25. The molecule has 0 spiro atoms. The maximum absolute atomic E-state index is 8.82. The fourth-order valence-corrected chi connectivity index (χ4v) is 0. The summed E-state index contributed by atoms with van der Waals surface area (Å²) in [6.45, 7) is 0. The zero-order valence-electron chi connectivity index (χ0n) is 3.53. The van der Waals surface area contributed by atoms with Crippen molar-refractivity contribution in [2.24, 2.45) is 0 Å². The second-order valence-corrected chi connectivity index (χ2v) is 1.85. The van der Waals surface area contributed by atoms with E-state index in [1.54, 1.807) is 0 Å². The first-order chi connectivity index (χ1) is 2.00. The predicted octanol–water partition coefficient (Wildman–Crippen LogP) is -2.28. The van der Waals surface area contributed by atoms with Crippen LogP contribution in [0.4, 0.5) is 0 Å². The van der Waals surface area contributed by atoms with Crippen molar-refractivity contribution in [3.8, 4) is 0 Å². The van der Waals surface area contributed by atoms with Gasteiger partial charge in [-0.1, -0.05) is 0 Å². The maximum Gasteiger partial charge on any atom is 0 e. The topological polar surface area (TPSA) is 74.6 Å². The SMILES string of the molecule is [CaH2].[Cd].[O]=[Cr](=[O])([OH])[OH].[Zn]. The minimum atomic E-state index is -5.25. The molecule has 0 heterocycles. The van der Waals surface area contributed by atoms with E-state index in [9.17, 15) is 0 Å². The molecule has 0 saturated heterocycles. The van der Waals surface area contributed by atoms with Crippen molar-refractivity contribution in [1.82, 2.24) is 0 Å². The molecule has 0 rings (SSSR count). The van der Waals surface area contributed by atoms with Crippen LogP contribution in [0.25, 0.3) is 0 Å². The molecule has 0 radical (unpaired) electrons. The zero-order valence-corrected chi connectivity index (χ0v) is 11.8. The van der Waals surface area contributed by atoms with Gasteiger partial charge in [0.2, 0.25) is 0 Å². The van der Waals surface area contributed by atoms with Crippen LogP contribution in [-0.4, -0.2) is 46.1 Å². The number of hydrogen-bond donors (Lipinski definition) is 2. The van der Waals surface area contributed by atoms with Gasteiger partial charge in [0.15, 0.2) is 0 Å². The Labute approximate surface area is 112 Å². The largest absolute Gasteiger partial charge is 0 e. The second-order valence-electron chi connectivity index (χ2n) is 0.448. The monoisotopic (exact) mass is 338 g/mol. The molecule has 0 unspecified atom stereocenters. The van der Waals surface area contributed by atoms with Crippen molar-refractivity contribution >= 4 is 37.7 Å². The van der Waals surface area contributed by atoms with E-state index in [4.69, 9.17) is 15.9 Å². The minimum Gasteiger partial charge on any atom is 0 e. The summed E-state index contributed by atoms with van der Waals surface area (Å²) in [5, 5.41) is 0. The van der Waals surface area contributed by atoms with E-state index < -0.39 is 13.6 Å². The van der Waals surface area contributed by atoms with Gasteiger partial charge in [-0.15, -0.1) is 0 Å². The average Bonchev–Trinajstić information content (AvgIpc) is 0.722. The Balaban J connectivity index is -0.0000000267. The molecule has 0 fully saturated rings. The quantitative estimate of drug-likeness (QED) is 0.489. The first kappa shape index (κ1) is 22.4. The summed E-state index contributed by atoms with van der Waals surface area (Å²) in [6, 6.07) is 0. The summed E-state index contributed by atoms with van der Waals surface area (Å²) in [7, 11) is 0. The Hall–Kier alpha value is 2.86. The third kappa shape index (κ3) is 67.0. The molecule has 8 heteroatoms. The van der Waals surface area contributed by atoms with Crippen LogP contribution >= 0.6 is 0 Å². The van der Waals surface area contributed by atoms with Crippen molar-refractivity contribution in [2.75, 3.05) is 0 Å². The van der Waals surface area contributed by atoms with Crippen LogP contribution in [0.5, 0.6) is 0 Å². The molecule has 0 saturated carbocycles. The molecule has 0 amide bonds. The average molecular weight is 338 g/mol. The van der Waals surface area contributed by atoms with E-state index in [1.807, 2.05) is 0 Å². The van der Waals surface area contributed by atoms with Crippen LogP contribution < -0.4 is 0 Å². The van der Waals surface area contributed by atoms with E-state index in [0.29, 0.717) is 0 Å². The molecule has 0 aliphatic heterocycles. The Morgan fingerprint density at radius 2 is 1.12 bits per heavy atom. The first-order valence-corrected chi connectivity index (χ1v) is 2.88. The normalized spacial score (nSPS) is 7.25. The Bertz CT molecular complexity index is 99.2. The third-order valence-corrected chi connectivity index (χ3v) is 0. The van der Waals surface area contributed by atoms with Crippen molar-refractivity contribution in [1.29, 1.82) is 0 Å². The van der Waals surface area contributed by atoms with E-state index in [1.165, 1.54) is 0 Å². The van der Waals surface area contributed by atoms with Gasteiger partial charge in [0.25, 0.3) is 0 Å². The first-order valence-electron chi connectivity index (χ1n) is 0.698. The van der Waals surface area contributed by atoms with E-state index >= 15 is 0 Å².